The molecule has 29 heavy (non-hydrogen) atoms. The maximum Gasteiger partial charge on any atom is 0.186 e. The highest BCUT2D eigenvalue weighted by Gasteiger charge is 2.34. The van der Waals surface area contributed by atoms with Gasteiger partial charge in [-0.15, -0.1) is 6.58 Å². The first-order valence-electron chi connectivity index (χ1n) is 9.14. The van der Waals surface area contributed by atoms with E-state index >= 15 is 0 Å². The average Bonchev–Trinajstić information content (AvgIpc) is 2.75. The van der Waals surface area contributed by atoms with Crippen LogP contribution in [0.1, 0.15) is 17.2 Å². The molecule has 0 spiro atoms. The van der Waals surface area contributed by atoms with Crippen LogP contribution in [0.25, 0.3) is 0 Å². The first kappa shape index (κ1) is 21.2. The van der Waals surface area contributed by atoms with Crippen LogP contribution in [0, 0.1) is 6.92 Å². The second-order valence-corrected chi connectivity index (χ2v) is 10.00. The van der Waals surface area contributed by atoms with Crippen LogP contribution in [0.4, 0.5) is 0 Å². The van der Waals surface area contributed by atoms with Gasteiger partial charge in [0, 0.05) is 0 Å². The van der Waals surface area contributed by atoms with E-state index in [4.69, 9.17) is 0 Å². The van der Waals surface area contributed by atoms with Crippen molar-refractivity contribution < 1.29 is 12.6 Å². The van der Waals surface area contributed by atoms with E-state index in [0.29, 0.717) is 4.90 Å². The van der Waals surface area contributed by atoms with Crippen molar-refractivity contribution in [3.05, 3.63) is 109 Å². The lowest BCUT2D eigenvalue weighted by molar-refractivity contribution is 0.564. The molecular weight excluding hydrogens is 402 g/mol. The summed E-state index contributed by atoms with van der Waals surface area (Å²) in [4.78, 5) is 0.783. The quantitative estimate of drug-likeness (QED) is 0.545. The number of hydrogen-bond donors (Lipinski definition) is 1. The third-order valence-electron chi connectivity index (χ3n) is 4.62. The van der Waals surface area contributed by atoms with Crippen LogP contribution in [-0.2, 0) is 20.8 Å². The van der Waals surface area contributed by atoms with Gasteiger partial charge in [0.15, 0.2) is 9.84 Å². The Bertz CT molecular complexity index is 1080. The van der Waals surface area contributed by atoms with Gasteiger partial charge in [-0.2, -0.15) is 0 Å². The van der Waals surface area contributed by atoms with Crippen molar-refractivity contribution in [1.82, 2.24) is 4.72 Å². The first-order chi connectivity index (χ1) is 13.9. The van der Waals surface area contributed by atoms with Crippen LogP contribution >= 0.6 is 0 Å². The molecule has 3 atom stereocenters. The van der Waals surface area contributed by atoms with Gasteiger partial charge in [0.2, 0.25) is 0 Å². The van der Waals surface area contributed by atoms with Crippen LogP contribution < -0.4 is 4.72 Å². The molecule has 0 aromatic heterocycles. The lowest BCUT2D eigenvalue weighted by atomic mass is 10.0. The van der Waals surface area contributed by atoms with Crippen molar-refractivity contribution in [3.8, 4) is 0 Å². The van der Waals surface area contributed by atoms with Gasteiger partial charge in [-0.05, 0) is 36.8 Å². The molecule has 150 valence electrons. The fraction of sp³-hybridized carbons (Fsp3) is 0.130. The van der Waals surface area contributed by atoms with Gasteiger partial charge in [-0.3, -0.25) is 0 Å². The van der Waals surface area contributed by atoms with E-state index in [1.54, 1.807) is 42.5 Å². The van der Waals surface area contributed by atoms with Gasteiger partial charge in [0.25, 0.3) is 0 Å². The Morgan fingerprint density at radius 3 is 2.00 bits per heavy atom. The molecule has 0 heterocycles. The normalized spacial score (nSPS) is 14.7. The second kappa shape index (κ2) is 9.31. The molecular formula is C23H23NO3S2. The van der Waals surface area contributed by atoms with Gasteiger partial charge in [-0.25, -0.2) is 17.3 Å². The summed E-state index contributed by atoms with van der Waals surface area (Å²) in [7, 11) is -5.35. The molecule has 3 aromatic rings. The third-order valence-corrected chi connectivity index (χ3v) is 7.90. The molecule has 0 fully saturated rings. The van der Waals surface area contributed by atoms with Crippen molar-refractivity contribution in [2.24, 2.45) is 0 Å². The molecule has 3 aromatic carbocycles. The lowest BCUT2D eigenvalue weighted by Gasteiger charge is -2.26. The number of sulfone groups is 1. The summed E-state index contributed by atoms with van der Waals surface area (Å²) in [6.07, 6.45) is 1.40. The smallest absolute Gasteiger partial charge is 0.186 e. The van der Waals surface area contributed by atoms with Crippen molar-refractivity contribution >= 4 is 20.8 Å². The SMILES string of the molecule is C=C[C@@H]([C@H](NS(=O)c1ccc(C)cc1)c1ccccc1)S(=O)(=O)c1ccccc1. The topological polar surface area (TPSA) is 63.2 Å². The van der Waals surface area contributed by atoms with Gasteiger partial charge in [-0.1, -0.05) is 72.3 Å². The highest BCUT2D eigenvalue weighted by molar-refractivity contribution is 7.92. The Kier molecular flexibility index (Phi) is 6.79. The lowest BCUT2D eigenvalue weighted by Crippen LogP contribution is -2.37. The summed E-state index contributed by atoms with van der Waals surface area (Å²) in [6.45, 7) is 5.72. The molecule has 0 aliphatic heterocycles. The Morgan fingerprint density at radius 1 is 0.897 bits per heavy atom. The zero-order valence-electron chi connectivity index (χ0n) is 16.1. The summed E-state index contributed by atoms with van der Waals surface area (Å²) in [6, 6.07) is 24.0. The van der Waals surface area contributed by atoms with E-state index in [1.165, 1.54) is 6.08 Å². The minimum atomic E-state index is -3.75. The monoisotopic (exact) mass is 425 g/mol. The standard InChI is InChI=1S/C23H23NO3S2/c1-3-22(29(26,27)21-12-8-5-9-13-21)23(19-10-6-4-7-11-19)24-28(25)20-16-14-18(2)15-17-20/h3-17,22-24H,1H2,2H3/t22-,23+,28?/m0/s1. The van der Waals surface area contributed by atoms with E-state index in [2.05, 4.69) is 11.3 Å². The Labute approximate surface area is 174 Å². The fourth-order valence-electron chi connectivity index (χ4n) is 3.04. The van der Waals surface area contributed by atoms with Gasteiger partial charge in [0.05, 0.1) is 15.8 Å². The van der Waals surface area contributed by atoms with Crippen molar-refractivity contribution in [3.63, 3.8) is 0 Å². The average molecular weight is 426 g/mol. The molecule has 3 rings (SSSR count). The van der Waals surface area contributed by atoms with E-state index in [9.17, 15) is 12.6 Å². The molecule has 0 radical (unpaired) electrons. The van der Waals surface area contributed by atoms with Crippen molar-refractivity contribution in [2.45, 2.75) is 28.0 Å². The van der Waals surface area contributed by atoms with Gasteiger partial charge >= 0.3 is 0 Å². The van der Waals surface area contributed by atoms with Crippen LogP contribution in [0.2, 0.25) is 0 Å². The van der Waals surface area contributed by atoms with E-state index < -0.39 is 32.1 Å². The van der Waals surface area contributed by atoms with Crippen molar-refractivity contribution in [2.75, 3.05) is 0 Å². The maximum atomic E-state index is 13.3. The minimum absolute atomic E-state index is 0.203. The minimum Gasteiger partial charge on any atom is -0.237 e. The van der Waals surface area contributed by atoms with Crippen LogP contribution in [0.5, 0.6) is 0 Å². The Morgan fingerprint density at radius 2 is 1.45 bits per heavy atom. The zero-order chi connectivity index (χ0) is 20.9. The van der Waals surface area contributed by atoms with E-state index in [0.717, 1.165) is 11.1 Å². The van der Waals surface area contributed by atoms with Crippen LogP contribution in [0.15, 0.2) is 107 Å². The number of rotatable bonds is 8. The van der Waals surface area contributed by atoms with Crippen LogP contribution in [0.3, 0.4) is 0 Å². The maximum absolute atomic E-state index is 13.3. The highest BCUT2D eigenvalue weighted by Crippen LogP contribution is 2.29. The number of aryl methyl sites for hydroxylation is 1. The highest BCUT2D eigenvalue weighted by atomic mass is 32.2. The predicted molar refractivity (Wildman–Crippen MR) is 118 cm³/mol. The molecule has 0 saturated carbocycles. The van der Waals surface area contributed by atoms with Crippen molar-refractivity contribution in [1.29, 1.82) is 0 Å². The fourth-order valence-corrected chi connectivity index (χ4v) is 5.85. The molecule has 0 aliphatic carbocycles. The van der Waals surface area contributed by atoms with Gasteiger partial charge in [0.1, 0.15) is 16.2 Å². The van der Waals surface area contributed by atoms with Gasteiger partial charge < -0.3 is 0 Å². The molecule has 0 bridgehead atoms. The van der Waals surface area contributed by atoms with E-state index in [1.807, 2.05) is 49.4 Å². The molecule has 0 amide bonds. The largest absolute Gasteiger partial charge is 0.237 e. The third kappa shape index (κ3) is 4.90. The zero-order valence-corrected chi connectivity index (χ0v) is 17.7. The Hall–Kier alpha value is -2.54. The molecule has 0 saturated heterocycles. The molecule has 1 N–H and O–H groups in total. The Balaban J connectivity index is 2.01. The number of nitrogens with one attached hydrogen (secondary N) is 1. The predicted octanol–water partition coefficient (Wildman–Crippen LogP) is 4.38. The summed E-state index contributed by atoms with van der Waals surface area (Å²) >= 11 is 0. The van der Waals surface area contributed by atoms with Crippen LogP contribution in [-0.4, -0.2) is 17.9 Å². The summed E-state index contributed by atoms with van der Waals surface area (Å²) < 4.78 is 42.7. The first-order valence-corrected chi connectivity index (χ1v) is 11.8. The summed E-state index contributed by atoms with van der Waals surface area (Å²) in [5.41, 5.74) is 1.78. The molecule has 1 unspecified atom stereocenters. The summed E-state index contributed by atoms with van der Waals surface area (Å²) in [5.74, 6) is 0. The number of benzene rings is 3. The molecule has 6 heteroatoms. The molecule has 0 aliphatic rings. The summed E-state index contributed by atoms with van der Waals surface area (Å²) in [5, 5.41) is -0.998. The molecule has 4 nitrogen and oxygen atoms in total. The number of hydrogen-bond acceptors (Lipinski definition) is 3. The second-order valence-electron chi connectivity index (χ2n) is 6.65. The van der Waals surface area contributed by atoms with E-state index in [-0.39, 0.29) is 4.90 Å².